The van der Waals surface area contributed by atoms with Gasteiger partial charge in [0, 0.05) is 24.4 Å². The fourth-order valence-corrected chi connectivity index (χ4v) is 1.44. The molecule has 0 aliphatic carbocycles. The maximum absolute atomic E-state index is 11.9. The third-order valence-corrected chi connectivity index (χ3v) is 2.05. The van der Waals surface area contributed by atoms with Crippen LogP contribution in [0.2, 0.25) is 0 Å². The van der Waals surface area contributed by atoms with Gasteiger partial charge in [0.05, 0.1) is 0 Å². The third-order valence-electron chi connectivity index (χ3n) is 1.28. The summed E-state index contributed by atoms with van der Waals surface area (Å²) in [6, 6.07) is 1.24. The van der Waals surface area contributed by atoms with Gasteiger partial charge in [-0.3, -0.25) is 4.68 Å². The number of rotatable bonds is 3. The topological polar surface area (TPSA) is 17.8 Å². The zero-order valence-corrected chi connectivity index (χ0v) is 7.74. The number of alkyl halides is 3. The molecular formula is C7H8F3N2S. The Morgan fingerprint density at radius 3 is 2.85 bits per heavy atom. The maximum Gasteiger partial charge on any atom is 0.447 e. The highest BCUT2D eigenvalue weighted by Gasteiger charge is 2.30. The van der Waals surface area contributed by atoms with Crippen molar-refractivity contribution in [3.8, 4) is 0 Å². The molecule has 0 aromatic carbocycles. The van der Waals surface area contributed by atoms with Crippen molar-refractivity contribution in [2.45, 2.75) is 30.4 Å². The third kappa shape index (κ3) is 3.30. The Labute approximate surface area is 78.1 Å². The van der Waals surface area contributed by atoms with Crippen molar-refractivity contribution in [3.63, 3.8) is 0 Å². The summed E-state index contributed by atoms with van der Waals surface area (Å²) in [5.41, 5.74) is -4.25. The van der Waals surface area contributed by atoms with E-state index in [9.17, 15) is 13.2 Å². The summed E-state index contributed by atoms with van der Waals surface area (Å²) >= 11 is -0.157. The van der Waals surface area contributed by atoms with Gasteiger partial charge in [0.15, 0.2) is 0 Å². The molecule has 1 rings (SSSR count). The van der Waals surface area contributed by atoms with Gasteiger partial charge < -0.3 is 0 Å². The van der Waals surface area contributed by atoms with Gasteiger partial charge in [0.1, 0.15) is 11.2 Å². The van der Waals surface area contributed by atoms with Crippen molar-refractivity contribution in [2.75, 3.05) is 0 Å². The molecule has 0 aliphatic heterocycles. The van der Waals surface area contributed by atoms with Crippen molar-refractivity contribution in [1.82, 2.24) is 9.78 Å². The van der Waals surface area contributed by atoms with E-state index in [0.29, 0.717) is 6.54 Å². The van der Waals surface area contributed by atoms with E-state index >= 15 is 0 Å². The van der Waals surface area contributed by atoms with Crippen molar-refractivity contribution in [3.05, 3.63) is 12.3 Å². The fraction of sp³-hybridized carbons (Fsp3) is 0.571. The van der Waals surface area contributed by atoms with Crippen molar-refractivity contribution in [2.24, 2.45) is 0 Å². The minimum Gasteiger partial charge on any atom is -0.258 e. The van der Waals surface area contributed by atoms with Gasteiger partial charge in [-0.1, -0.05) is 6.92 Å². The molecule has 0 saturated carbocycles. The molecule has 1 aromatic heterocycles. The molecule has 2 nitrogen and oxygen atoms in total. The fourth-order valence-electron chi connectivity index (χ4n) is 0.850. The summed E-state index contributed by atoms with van der Waals surface area (Å²) in [6.45, 7) is 2.37. The molecule has 0 amide bonds. The van der Waals surface area contributed by atoms with E-state index in [1.807, 2.05) is 6.92 Å². The Kier molecular flexibility index (Phi) is 3.24. The van der Waals surface area contributed by atoms with Gasteiger partial charge in [-0.15, -0.1) is 0 Å². The van der Waals surface area contributed by atoms with Crippen LogP contribution in [0, 0.1) is 6.20 Å². The summed E-state index contributed by atoms with van der Waals surface area (Å²) in [5, 5.41) is 3.75. The number of hydrogen-bond acceptors (Lipinski definition) is 2. The first kappa shape index (κ1) is 10.4. The van der Waals surface area contributed by atoms with Crippen molar-refractivity contribution < 1.29 is 13.2 Å². The van der Waals surface area contributed by atoms with Crippen molar-refractivity contribution in [1.29, 1.82) is 0 Å². The van der Waals surface area contributed by atoms with Crippen LogP contribution in [0.5, 0.6) is 0 Å². The van der Waals surface area contributed by atoms with Crippen molar-refractivity contribution >= 4 is 11.8 Å². The summed E-state index contributed by atoms with van der Waals surface area (Å²) in [4.78, 5) is 0. The van der Waals surface area contributed by atoms with Gasteiger partial charge >= 0.3 is 5.51 Å². The second-order valence-corrected chi connectivity index (χ2v) is 3.47. The number of aryl methyl sites for hydroxylation is 1. The van der Waals surface area contributed by atoms with Crippen LogP contribution < -0.4 is 0 Å². The SMILES string of the molecule is CCCn1n[c]cc1SC(F)(F)F. The molecule has 0 unspecified atom stereocenters. The Morgan fingerprint density at radius 2 is 2.31 bits per heavy atom. The molecule has 1 aromatic rings. The predicted octanol–water partition coefficient (Wildman–Crippen LogP) is 2.71. The second-order valence-electron chi connectivity index (χ2n) is 2.38. The summed E-state index contributed by atoms with van der Waals surface area (Å²) in [5.74, 6) is 0. The van der Waals surface area contributed by atoms with Gasteiger partial charge in [0.25, 0.3) is 0 Å². The first-order chi connectivity index (χ1) is 6.03. The van der Waals surface area contributed by atoms with Crippen LogP contribution in [0.25, 0.3) is 0 Å². The summed E-state index contributed by atoms with van der Waals surface area (Å²) in [7, 11) is 0. The van der Waals surface area contributed by atoms with Crippen LogP contribution in [-0.2, 0) is 6.54 Å². The maximum atomic E-state index is 11.9. The van der Waals surface area contributed by atoms with E-state index in [1.165, 1.54) is 10.7 Å². The highest BCUT2D eigenvalue weighted by atomic mass is 32.2. The molecule has 1 radical (unpaired) electrons. The van der Waals surface area contributed by atoms with Crippen LogP contribution in [0.3, 0.4) is 0 Å². The number of thioether (sulfide) groups is 1. The number of hydrogen-bond donors (Lipinski definition) is 0. The van der Waals surface area contributed by atoms with Gasteiger partial charge in [0.2, 0.25) is 0 Å². The molecule has 6 heteroatoms. The van der Waals surface area contributed by atoms with Gasteiger partial charge in [-0.05, 0) is 6.42 Å². The largest absolute Gasteiger partial charge is 0.447 e. The lowest BCUT2D eigenvalue weighted by Gasteiger charge is -2.07. The Morgan fingerprint density at radius 1 is 1.62 bits per heavy atom. The molecule has 0 N–H and O–H groups in total. The second kappa shape index (κ2) is 4.04. The lowest BCUT2D eigenvalue weighted by molar-refractivity contribution is -0.0331. The van der Waals surface area contributed by atoms with E-state index in [0.717, 1.165) is 6.42 Å². The molecule has 13 heavy (non-hydrogen) atoms. The van der Waals surface area contributed by atoms with Crippen LogP contribution in [0.1, 0.15) is 13.3 Å². The van der Waals surface area contributed by atoms with E-state index < -0.39 is 5.51 Å². The van der Waals surface area contributed by atoms with Crippen LogP contribution in [0.15, 0.2) is 11.1 Å². The quantitative estimate of drug-likeness (QED) is 0.712. The zero-order chi connectivity index (χ0) is 9.90. The average molecular weight is 209 g/mol. The highest BCUT2D eigenvalue weighted by molar-refractivity contribution is 8.00. The molecule has 0 saturated heterocycles. The number of aromatic nitrogens is 2. The van der Waals surface area contributed by atoms with E-state index in [-0.39, 0.29) is 16.8 Å². The van der Waals surface area contributed by atoms with Crippen LogP contribution in [0.4, 0.5) is 13.2 Å². The van der Waals surface area contributed by atoms with E-state index in [4.69, 9.17) is 0 Å². The van der Waals surface area contributed by atoms with E-state index in [2.05, 4.69) is 11.3 Å². The van der Waals surface area contributed by atoms with E-state index in [1.54, 1.807) is 0 Å². The zero-order valence-electron chi connectivity index (χ0n) is 6.93. The molecule has 0 aliphatic rings. The molecule has 0 fully saturated rings. The smallest absolute Gasteiger partial charge is 0.258 e. The molecule has 0 spiro atoms. The highest BCUT2D eigenvalue weighted by Crippen LogP contribution is 2.36. The Bertz CT molecular complexity index is 269. The molecule has 1 heterocycles. The molecule has 0 bridgehead atoms. The molecule has 0 atom stereocenters. The minimum atomic E-state index is -4.25. The summed E-state index contributed by atoms with van der Waals surface area (Å²) < 4.78 is 37.1. The predicted molar refractivity (Wildman–Crippen MR) is 43.3 cm³/mol. The Hall–Kier alpha value is -0.650. The van der Waals surface area contributed by atoms with Gasteiger partial charge in [-0.25, -0.2) is 0 Å². The van der Waals surface area contributed by atoms with Gasteiger partial charge in [-0.2, -0.15) is 18.3 Å². The molecule has 73 valence electrons. The standard InChI is InChI=1S/C7H8F3N2S/c1-2-5-12-6(3-4-11-12)13-7(8,9)10/h3H,2,5H2,1H3. The number of nitrogens with zero attached hydrogens (tertiary/aromatic N) is 2. The van der Waals surface area contributed by atoms with Crippen LogP contribution in [-0.4, -0.2) is 15.3 Å². The number of halogens is 3. The molecular weight excluding hydrogens is 201 g/mol. The average Bonchev–Trinajstić information content (AvgIpc) is 2.34. The normalized spacial score (nSPS) is 12.0. The van der Waals surface area contributed by atoms with Crippen LogP contribution >= 0.6 is 11.8 Å². The summed E-state index contributed by atoms with van der Waals surface area (Å²) in [6.07, 6.45) is 3.15. The monoisotopic (exact) mass is 209 g/mol. The first-order valence-electron chi connectivity index (χ1n) is 3.72. The lowest BCUT2D eigenvalue weighted by atomic mass is 10.5. The first-order valence-corrected chi connectivity index (χ1v) is 4.54. The Balaban J connectivity index is 2.70. The lowest BCUT2D eigenvalue weighted by Crippen LogP contribution is -2.05. The minimum absolute atomic E-state index is 0.0920.